The van der Waals surface area contributed by atoms with E-state index in [1.807, 2.05) is 6.26 Å². The standard InChI is InChI=1S/C22H42N10O5S/c1-38-12-8-13(23)19(35)32-11-4-7-16(32)18(34)30-14(5-2-9-28-21(24)25)17(33)31-15(20(36)37)6-3-10-29-22(26)27/h13-16H,2-12,23H2,1H3,(H,30,34)(H,31,33)(H,36,37)(H4,24,25,28)(H4,26,27,29). The molecule has 0 aromatic rings. The number of aliphatic carboxylic acids is 1. The number of carbonyl (C=O) groups excluding carboxylic acids is 3. The summed E-state index contributed by atoms with van der Waals surface area (Å²) >= 11 is 1.58. The molecule has 4 unspecified atom stereocenters. The van der Waals surface area contributed by atoms with Crippen LogP contribution in [0.15, 0.2) is 9.98 Å². The number of carbonyl (C=O) groups is 4. The highest BCUT2D eigenvalue weighted by atomic mass is 32.2. The minimum atomic E-state index is -1.24. The van der Waals surface area contributed by atoms with Crippen LogP contribution in [0.3, 0.4) is 0 Å². The van der Waals surface area contributed by atoms with Gasteiger partial charge >= 0.3 is 5.97 Å². The number of nitrogens with zero attached hydrogens (tertiary/aromatic N) is 3. The Hall–Kier alpha value is -3.27. The zero-order valence-electron chi connectivity index (χ0n) is 21.8. The van der Waals surface area contributed by atoms with E-state index in [2.05, 4.69) is 20.6 Å². The van der Waals surface area contributed by atoms with Gasteiger partial charge in [0.2, 0.25) is 17.7 Å². The van der Waals surface area contributed by atoms with Crippen molar-refractivity contribution in [3.05, 3.63) is 0 Å². The van der Waals surface area contributed by atoms with Crippen molar-refractivity contribution in [3.8, 4) is 0 Å². The number of thioether (sulfide) groups is 1. The Morgan fingerprint density at radius 2 is 1.55 bits per heavy atom. The normalized spacial score (nSPS) is 17.1. The molecule has 0 saturated carbocycles. The van der Waals surface area contributed by atoms with Crippen molar-refractivity contribution in [3.63, 3.8) is 0 Å². The lowest BCUT2D eigenvalue weighted by Gasteiger charge is -2.28. The number of likely N-dealkylation sites (tertiary alicyclic amines) is 1. The van der Waals surface area contributed by atoms with E-state index < -0.39 is 42.0 Å². The van der Waals surface area contributed by atoms with E-state index in [0.717, 1.165) is 0 Å². The number of nitrogens with two attached hydrogens (primary N) is 5. The first-order chi connectivity index (χ1) is 18.0. The summed E-state index contributed by atoms with van der Waals surface area (Å²) in [5.41, 5.74) is 27.3. The Kier molecular flexibility index (Phi) is 14.9. The Morgan fingerprint density at radius 3 is 2.08 bits per heavy atom. The number of carboxylic acids is 1. The lowest BCUT2D eigenvalue weighted by Crippen LogP contribution is -2.56. The third kappa shape index (κ3) is 11.9. The Labute approximate surface area is 226 Å². The second kappa shape index (κ2) is 17.3. The van der Waals surface area contributed by atoms with Gasteiger partial charge in [0, 0.05) is 19.6 Å². The number of amides is 3. The van der Waals surface area contributed by atoms with Crippen molar-refractivity contribution in [2.75, 3.05) is 31.6 Å². The van der Waals surface area contributed by atoms with E-state index in [4.69, 9.17) is 28.7 Å². The van der Waals surface area contributed by atoms with Gasteiger partial charge in [-0.2, -0.15) is 11.8 Å². The van der Waals surface area contributed by atoms with Crippen molar-refractivity contribution in [1.82, 2.24) is 15.5 Å². The molecule has 0 radical (unpaired) electrons. The van der Waals surface area contributed by atoms with E-state index in [9.17, 15) is 24.3 Å². The second-order valence-electron chi connectivity index (χ2n) is 8.94. The van der Waals surface area contributed by atoms with Crippen LogP contribution >= 0.6 is 11.8 Å². The Bertz CT molecular complexity index is 863. The smallest absolute Gasteiger partial charge is 0.326 e. The van der Waals surface area contributed by atoms with Gasteiger partial charge < -0.3 is 49.3 Å². The first kappa shape index (κ1) is 32.8. The molecule has 1 aliphatic heterocycles. The lowest BCUT2D eigenvalue weighted by molar-refractivity contribution is -0.143. The van der Waals surface area contributed by atoms with Gasteiger partial charge in [0.25, 0.3) is 0 Å². The molecule has 3 amide bonds. The van der Waals surface area contributed by atoms with Crippen LogP contribution in [-0.2, 0) is 19.2 Å². The van der Waals surface area contributed by atoms with Gasteiger partial charge in [0.05, 0.1) is 6.04 Å². The molecule has 1 heterocycles. The predicted octanol–water partition coefficient (Wildman–Crippen LogP) is -2.78. The van der Waals surface area contributed by atoms with Crippen molar-refractivity contribution in [1.29, 1.82) is 0 Å². The van der Waals surface area contributed by atoms with Crippen LogP contribution in [0.5, 0.6) is 0 Å². The van der Waals surface area contributed by atoms with Crippen LogP contribution < -0.4 is 39.3 Å². The second-order valence-corrected chi connectivity index (χ2v) is 9.92. The molecule has 13 N–H and O–H groups in total. The molecule has 1 fully saturated rings. The number of rotatable bonds is 17. The SMILES string of the molecule is CSCCC(N)C(=O)N1CCCC1C(=O)NC(CCCN=C(N)N)C(=O)NC(CCCN=C(N)N)C(=O)O. The molecule has 1 aliphatic rings. The molecule has 0 bridgehead atoms. The zero-order chi connectivity index (χ0) is 28.7. The van der Waals surface area contributed by atoms with Crippen LogP contribution in [-0.4, -0.2) is 101 Å². The summed E-state index contributed by atoms with van der Waals surface area (Å²) in [6, 6.07) is -3.78. The summed E-state index contributed by atoms with van der Waals surface area (Å²) in [5, 5.41) is 14.7. The predicted molar refractivity (Wildman–Crippen MR) is 147 cm³/mol. The fourth-order valence-electron chi connectivity index (χ4n) is 3.96. The fourth-order valence-corrected chi connectivity index (χ4v) is 4.45. The average molecular weight is 559 g/mol. The van der Waals surface area contributed by atoms with Gasteiger partial charge in [0.15, 0.2) is 11.9 Å². The minimum Gasteiger partial charge on any atom is -0.480 e. The third-order valence-electron chi connectivity index (χ3n) is 5.93. The number of nitrogens with one attached hydrogen (secondary N) is 2. The van der Waals surface area contributed by atoms with Crippen LogP contribution in [0.2, 0.25) is 0 Å². The molecule has 0 aromatic heterocycles. The molecule has 16 heteroatoms. The lowest BCUT2D eigenvalue weighted by atomic mass is 10.1. The minimum absolute atomic E-state index is 0.0748. The summed E-state index contributed by atoms with van der Waals surface area (Å²) < 4.78 is 0. The van der Waals surface area contributed by atoms with Gasteiger partial charge in [-0.05, 0) is 57.0 Å². The van der Waals surface area contributed by atoms with Gasteiger partial charge in [-0.25, -0.2) is 4.79 Å². The van der Waals surface area contributed by atoms with Crippen LogP contribution in [0.1, 0.15) is 44.9 Å². The first-order valence-electron chi connectivity index (χ1n) is 12.5. The molecule has 0 aromatic carbocycles. The van der Waals surface area contributed by atoms with Crippen molar-refractivity contribution >= 4 is 47.4 Å². The maximum Gasteiger partial charge on any atom is 0.326 e. The largest absolute Gasteiger partial charge is 0.480 e. The Morgan fingerprint density at radius 1 is 0.974 bits per heavy atom. The van der Waals surface area contributed by atoms with Crippen molar-refractivity contribution < 1.29 is 24.3 Å². The number of carboxylic acid groups (broad SMARTS) is 1. The van der Waals surface area contributed by atoms with E-state index >= 15 is 0 Å². The molecule has 216 valence electrons. The molecule has 1 saturated heterocycles. The van der Waals surface area contributed by atoms with E-state index in [1.54, 1.807) is 11.8 Å². The average Bonchev–Trinajstić information content (AvgIpc) is 3.35. The summed E-state index contributed by atoms with van der Waals surface area (Å²) in [7, 11) is 0. The fraction of sp³-hybridized carbons (Fsp3) is 0.727. The molecule has 0 aliphatic carbocycles. The van der Waals surface area contributed by atoms with Crippen LogP contribution in [0, 0.1) is 0 Å². The molecule has 15 nitrogen and oxygen atoms in total. The number of guanidine groups is 2. The van der Waals surface area contributed by atoms with Gasteiger partial charge in [-0.3, -0.25) is 24.4 Å². The quantitative estimate of drug-likeness (QED) is 0.0513. The zero-order valence-corrected chi connectivity index (χ0v) is 22.6. The molecule has 38 heavy (non-hydrogen) atoms. The molecular weight excluding hydrogens is 516 g/mol. The molecule has 0 spiro atoms. The van der Waals surface area contributed by atoms with E-state index in [0.29, 0.717) is 44.4 Å². The van der Waals surface area contributed by atoms with Crippen LogP contribution in [0.4, 0.5) is 0 Å². The summed E-state index contributed by atoms with van der Waals surface area (Å²) in [4.78, 5) is 60.0. The number of hydrogen-bond acceptors (Lipinski definition) is 8. The molecule has 1 rings (SSSR count). The third-order valence-corrected chi connectivity index (χ3v) is 6.57. The maximum absolute atomic E-state index is 13.2. The topological polar surface area (TPSA) is 271 Å². The monoisotopic (exact) mass is 558 g/mol. The number of aliphatic imine (C=N–C) groups is 2. The van der Waals surface area contributed by atoms with Crippen LogP contribution in [0.25, 0.3) is 0 Å². The van der Waals surface area contributed by atoms with Gasteiger partial charge in [0.1, 0.15) is 18.1 Å². The highest BCUT2D eigenvalue weighted by Gasteiger charge is 2.37. The highest BCUT2D eigenvalue weighted by molar-refractivity contribution is 7.98. The highest BCUT2D eigenvalue weighted by Crippen LogP contribution is 2.20. The summed E-state index contributed by atoms with van der Waals surface area (Å²) in [6.07, 6.45) is 4.32. The van der Waals surface area contributed by atoms with Crippen molar-refractivity contribution in [2.24, 2.45) is 38.7 Å². The van der Waals surface area contributed by atoms with E-state index in [1.165, 1.54) is 4.90 Å². The molecular formula is C22H42N10O5S. The number of hydrogen-bond donors (Lipinski definition) is 8. The van der Waals surface area contributed by atoms with Gasteiger partial charge in [-0.1, -0.05) is 0 Å². The summed E-state index contributed by atoms with van der Waals surface area (Å²) in [6.45, 7) is 0.800. The van der Waals surface area contributed by atoms with Crippen molar-refractivity contribution in [2.45, 2.75) is 69.1 Å². The maximum atomic E-state index is 13.2. The first-order valence-corrected chi connectivity index (χ1v) is 13.9. The van der Waals surface area contributed by atoms with E-state index in [-0.39, 0.29) is 43.8 Å². The van der Waals surface area contributed by atoms with Gasteiger partial charge in [-0.15, -0.1) is 0 Å². The molecule has 4 atom stereocenters. The Balaban J connectivity index is 2.93. The summed E-state index contributed by atoms with van der Waals surface area (Å²) in [5.74, 6) is -2.24.